The Balaban J connectivity index is 0.00000242. The Bertz CT molecular complexity index is 599. The van der Waals surface area contributed by atoms with Crippen LogP contribution in [0.4, 0.5) is 0 Å². The first-order valence-electron chi connectivity index (χ1n) is 6.97. The van der Waals surface area contributed by atoms with E-state index in [1.165, 1.54) is 12.1 Å². The Labute approximate surface area is 154 Å². The van der Waals surface area contributed by atoms with Gasteiger partial charge in [-0.25, -0.2) is 8.42 Å². The predicted octanol–water partition coefficient (Wildman–Crippen LogP) is 2.40. The van der Waals surface area contributed by atoms with Gasteiger partial charge < -0.3 is 10.2 Å². The summed E-state index contributed by atoms with van der Waals surface area (Å²) in [4.78, 5) is 6.64. The molecule has 0 aliphatic carbocycles. The molecular weight excluding hydrogens is 437 g/mol. The molecule has 1 N–H and O–H groups in total. The smallest absolute Gasteiger partial charge is 0.193 e. The molecule has 1 aliphatic heterocycles. The van der Waals surface area contributed by atoms with Crippen LogP contribution in [0.1, 0.15) is 12.8 Å². The fourth-order valence-electron chi connectivity index (χ4n) is 2.32. The number of hydrogen-bond acceptors (Lipinski definition) is 3. The van der Waals surface area contributed by atoms with Crippen LogP contribution < -0.4 is 5.32 Å². The number of likely N-dealkylation sites (tertiary alicyclic amines) is 1. The van der Waals surface area contributed by atoms with Gasteiger partial charge in [0.15, 0.2) is 15.8 Å². The van der Waals surface area contributed by atoms with Crippen LogP contribution in [0.3, 0.4) is 0 Å². The molecule has 1 aliphatic rings. The second kappa shape index (κ2) is 8.93. The largest absolute Gasteiger partial charge is 0.355 e. The molecule has 8 heteroatoms. The lowest BCUT2D eigenvalue weighted by atomic mass is 10.4. The number of rotatable bonds is 4. The van der Waals surface area contributed by atoms with Gasteiger partial charge in [0.05, 0.1) is 10.6 Å². The van der Waals surface area contributed by atoms with Crippen LogP contribution in [-0.4, -0.2) is 51.7 Å². The molecule has 0 aromatic heterocycles. The molecule has 0 unspecified atom stereocenters. The summed E-state index contributed by atoms with van der Waals surface area (Å²) in [5.41, 5.74) is 0. The number of guanidine groups is 1. The molecule has 0 spiro atoms. The minimum absolute atomic E-state index is 0. The Morgan fingerprint density at radius 1 is 1.27 bits per heavy atom. The third kappa shape index (κ3) is 5.27. The van der Waals surface area contributed by atoms with Crippen molar-refractivity contribution >= 4 is 51.4 Å². The monoisotopic (exact) mass is 457 g/mol. The van der Waals surface area contributed by atoms with E-state index < -0.39 is 9.84 Å². The maximum Gasteiger partial charge on any atom is 0.193 e. The van der Waals surface area contributed by atoms with Crippen molar-refractivity contribution < 1.29 is 8.42 Å². The number of sulfone groups is 1. The number of halogens is 2. The summed E-state index contributed by atoms with van der Waals surface area (Å²) in [6.07, 6.45) is 2.31. The van der Waals surface area contributed by atoms with E-state index in [1.807, 2.05) is 0 Å². The maximum atomic E-state index is 12.2. The van der Waals surface area contributed by atoms with Crippen molar-refractivity contribution in [2.75, 3.05) is 32.4 Å². The highest BCUT2D eigenvalue weighted by Gasteiger charge is 2.17. The molecule has 1 heterocycles. The molecule has 0 atom stereocenters. The Morgan fingerprint density at radius 3 is 2.41 bits per heavy atom. The summed E-state index contributed by atoms with van der Waals surface area (Å²) < 4.78 is 24.4. The third-order valence-electron chi connectivity index (χ3n) is 3.44. The number of benzene rings is 1. The van der Waals surface area contributed by atoms with Gasteiger partial charge in [-0.15, -0.1) is 24.0 Å². The summed E-state index contributed by atoms with van der Waals surface area (Å²) in [6, 6.07) is 6.25. The van der Waals surface area contributed by atoms with Gasteiger partial charge in [-0.2, -0.15) is 0 Å². The first kappa shape index (κ1) is 19.5. The molecule has 0 saturated carbocycles. The second-order valence-corrected chi connectivity index (χ2v) is 7.49. The average Bonchev–Trinajstić information content (AvgIpc) is 2.98. The molecule has 1 fully saturated rings. The van der Waals surface area contributed by atoms with E-state index in [0.29, 0.717) is 16.5 Å². The average molecular weight is 458 g/mol. The summed E-state index contributed by atoms with van der Waals surface area (Å²) in [5.74, 6) is 0.806. The zero-order valence-corrected chi connectivity index (χ0v) is 16.4. The van der Waals surface area contributed by atoms with Crippen LogP contribution >= 0.6 is 35.6 Å². The van der Waals surface area contributed by atoms with E-state index in [2.05, 4.69) is 15.2 Å². The van der Waals surface area contributed by atoms with E-state index in [-0.39, 0.29) is 29.7 Å². The summed E-state index contributed by atoms with van der Waals surface area (Å²) in [6.45, 7) is 2.29. The SMILES string of the molecule is CN=C(NCCS(=O)(=O)c1ccc(Cl)cc1)N1CCCC1.I. The molecule has 1 saturated heterocycles. The first-order chi connectivity index (χ1) is 10.0. The van der Waals surface area contributed by atoms with Crippen LogP contribution in [0.25, 0.3) is 0 Å². The highest BCUT2D eigenvalue weighted by molar-refractivity contribution is 14.0. The maximum absolute atomic E-state index is 12.2. The molecule has 1 aromatic rings. The molecule has 22 heavy (non-hydrogen) atoms. The molecule has 0 amide bonds. The van der Waals surface area contributed by atoms with Gasteiger partial charge in [-0.3, -0.25) is 4.99 Å². The normalized spacial score (nSPS) is 15.5. The van der Waals surface area contributed by atoms with Crippen molar-refractivity contribution in [2.24, 2.45) is 4.99 Å². The van der Waals surface area contributed by atoms with E-state index in [9.17, 15) is 8.42 Å². The van der Waals surface area contributed by atoms with Gasteiger partial charge in [-0.05, 0) is 37.1 Å². The van der Waals surface area contributed by atoms with Gasteiger partial charge in [-0.1, -0.05) is 11.6 Å². The van der Waals surface area contributed by atoms with Crippen molar-refractivity contribution in [3.8, 4) is 0 Å². The zero-order valence-electron chi connectivity index (χ0n) is 12.5. The lowest BCUT2D eigenvalue weighted by molar-refractivity contribution is 0.496. The fourth-order valence-corrected chi connectivity index (χ4v) is 3.60. The molecule has 124 valence electrons. The lowest BCUT2D eigenvalue weighted by Gasteiger charge is -2.20. The number of hydrogen-bond donors (Lipinski definition) is 1. The molecule has 0 radical (unpaired) electrons. The molecule has 5 nitrogen and oxygen atoms in total. The van der Waals surface area contributed by atoms with E-state index in [0.717, 1.165) is 31.9 Å². The highest BCUT2D eigenvalue weighted by atomic mass is 127. The van der Waals surface area contributed by atoms with Crippen LogP contribution in [0.15, 0.2) is 34.2 Å². The Morgan fingerprint density at radius 2 is 1.86 bits per heavy atom. The van der Waals surface area contributed by atoms with Crippen LogP contribution in [0.2, 0.25) is 5.02 Å². The molecule has 1 aromatic carbocycles. The Hall–Kier alpha value is -0.540. The van der Waals surface area contributed by atoms with E-state index in [1.54, 1.807) is 19.2 Å². The van der Waals surface area contributed by atoms with Gasteiger partial charge in [0.1, 0.15) is 0 Å². The fraction of sp³-hybridized carbons (Fsp3) is 0.500. The lowest BCUT2D eigenvalue weighted by Crippen LogP contribution is -2.41. The second-order valence-electron chi connectivity index (χ2n) is 4.94. The van der Waals surface area contributed by atoms with Crippen molar-refractivity contribution in [1.29, 1.82) is 0 Å². The van der Waals surface area contributed by atoms with Gasteiger partial charge in [0, 0.05) is 31.7 Å². The minimum Gasteiger partial charge on any atom is -0.355 e. The zero-order chi connectivity index (χ0) is 15.3. The molecule has 2 rings (SSSR count). The summed E-state index contributed by atoms with van der Waals surface area (Å²) in [5, 5.41) is 3.65. The van der Waals surface area contributed by atoms with Crippen molar-refractivity contribution in [3.63, 3.8) is 0 Å². The van der Waals surface area contributed by atoms with Crippen molar-refractivity contribution in [3.05, 3.63) is 29.3 Å². The van der Waals surface area contributed by atoms with Crippen LogP contribution in [0.5, 0.6) is 0 Å². The molecule has 0 bridgehead atoms. The predicted molar refractivity (Wildman–Crippen MR) is 101 cm³/mol. The third-order valence-corrected chi connectivity index (χ3v) is 5.43. The van der Waals surface area contributed by atoms with E-state index >= 15 is 0 Å². The summed E-state index contributed by atoms with van der Waals surface area (Å²) in [7, 11) is -1.58. The van der Waals surface area contributed by atoms with E-state index in [4.69, 9.17) is 11.6 Å². The van der Waals surface area contributed by atoms with Gasteiger partial charge in [0.2, 0.25) is 0 Å². The topological polar surface area (TPSA) is 61.8 Å². The van der Waals surface area contributed by atoms with Gasteiger partial charge >= 0.3 is 0 Å². The minimum atomic E-state index is -3.30. The van der Waals surface area contributed by atoms with Gasteiger partial charge in [0.25, 0.3) is 0 Å². The number of aliphatic imine (C=N–C) groups is 1. The van der Waals surface area contributed by atoms with Crippen molar-refractivity contribution in [2.45, 2.75) is 17.7 Å². The Kier molecular flexibility index (Phi) is 7.92. The van der Waals surface area contributed by atoms with Crippen LogP contribution in [-0.2, 0) is 9.84 Å². The molecular formula is C14H21ClIN3O2S. The first-order valence-corrected chi connectivity index (χ1v) is 9.00. The highest BCUT2D eigenvalue weighted by Crippen LogP contribution is 2.15. The van der Waals surface area contributed by atoms with Crippen LogP contribution in [0, 0.1) is 0 Å². The number of nitrogens with one attached hydrogen (secondary N) is 1. The summed E-state index contributed by atoms with van der Waals surface area (Å²) >= 11 is 5.77. The standard InChI is InChI=1S/C14H20ClN3O2S.HI/c1-16-14(18-9-2-3-10-18)17-8-11-21(19,20)13-6-4-12(15)5-7-13;/h4-7H,2-3,8-11H2,1H3,(H,16,17);1H. The number of nitrogens with zero attached hydrogens (tertiary/aromatic N) is 2. The van der Waals surface area contributed by atoms with Crippen molar-refractivity contribution in [1.82, 2.24) is 10.2 Å². The quantitative estimate of drug-likeness (QED) is 0.428.